The number of nitrogens with zero attached hydrogens (tertiary/aromatic N) is 2. The van der Waals surface area contributed by atoms with E-state index in [4.69, 9.17) is 0 Å². The van der Waals surface area contributed by atoms with E-state index in [2.05, 4.69) is 31.7 Å². The Kier molecular flexibility index (Phi) is 3.64. The van der Waals surface area contributed by atoms with Crippen molar-refractivity contribution in [3.63, 3.8) is 0 Å². The summed E-state index contributed by atoms with van der Waals surface area (Å²) in [6.45, 7) is 0.847. The van der Waals surface area contributed by atoms with Gasteiger partial charge in [-0.15, -0.1) is 0 Å². The Morgan fingerprint density at radius 2 is 2.53 bits per heavy atom. The van der Waals surface area contributed by atoms with Gasteiger partial charge >= 0.3 is 0 Å². The first-order chi connectivity index (χ1) is 9.31. The topological polar surface area (TPSA) is 46.9 Å². The van der Waals surface area contributed by atoms with Crippen LogP contribution in [0.2, 0.25) is 0 Å². The van der Waals surface area contributed by atoms with E-state index in [0.29, 0.717) is 6.42 Å². The van der Waals surface area contributed by atoms with Gasteiger partial charge in [0.05, 0.1) is 0 Å². The molecule has 19 heavy (non-hydrogen) atoms. The zero-order valence-electron chi connectivity index (χ0n) is 10.7. The van der Waals surface area contributed by atoms with Crippen LogP contribution >= 0.6 is 11.3 Å². The third-order valence-corrected chi connectivity index (χ3v) is 4.25. The normalized spacial score (nSPS) is 18.0. The van der Waals surface area contributed by atoms with E-state index in [1.54, 1.807) is 11.3 Å². The lowest BCUT2D eigenvalue weighted by Crippen LogP contribution is -2.40. The van der Waals surface area contributed by atoms with Crippen molar-refractivity contribution in [2.75, 3.05) is 0 Å². The lowest BCUT2D eigenvalue weighted by molar-refractivity contribution is -0.122. The number of aromatic nitrogens is 2. The summed E-state index contributed by atoms with van der Waals surface area (Å²) in [4.78, 5) is 16.2. The average molecular weight is 275 g/mol. The predicted octanol–water partition coefficient (Wildman–Crippen LogP) is 2.01. The van der Waals surface area contributed by atoms with Crippen LogP contribution in [0.5, 0.6) is 0 Å². The first kappa shape index (κ1) is 12.4. The summed E-state index contributed by atoms with van der Waals surface area (Å²) in [5.41, 5.74) is 1.25. The van der Waals surface area contributed by atoms with Gasteiger partial charge in [0, 0.05) is 37.8 Å². The van der Waals surface area contributed by atoms with E-state index in [-0.39, 0.29) is 11.9 Å². The molecule has 3 rings (SSSR count). The molecule has 0 fully saturated rings. The molecule has 0 aliphatic carbocycles. The van der Waals surface area contributed by atoms with E-state index in [9.17, 15) is 4.79 Å². The van der Waals surface area contributed by atoms with Gasteiger partial charge in [0.2, 0.25) is 5.91 Å². The molecule has 1 aliphatic rings. The maximum Gasteiger partial charge on any atom is 0.220 e. The predicted molar refractivity (Wildman–Crippen MR) is 75.1 cm³/mol. The van der Waals surface area contributed by atoms with Gasteiger partial charge in [-0.25, -0.2) is 4.98 Å². The van der Waals surface area contributed by atoms with Gasteiger partial charge < -0.3 is 9.88 Å². The Morgan fingerprint density at radius 3 is 3.37 bits per heavy atom. The molecule has 0 saturated carbocycles. The molecule has 5 heteroatoms. The summed E-state index contributed by atoms with van der Waals surface area (Å²) in [5, 5.41) is 7.28. The van der Waals surface area contributed by atoms with Gasteiger partial charge in [-0.2, -0.15) is 11.3 Å². The fourth-order valence-corrected chi connectivity index (χ4v) is 3.18. The third-order valence-electron chi connectivity index (χ3n) is 3.52. The zero-order valence-corrected chi connectivity index (χ0v) is 11.5. The van der Waals surface area contributed by atoms with Gasteiger partial charge in [-0.05, 0) is 35.2 Å². The summed E-state index contributed by atoms with van der Waals surface area (Å²) in [6.07, 6.45) is 7.15. The van der Waals surface area contributed by atoms with Crippen LogP contribution in [-0.4, -0.2) is 21.5 Å². The second kappa shape index (κ2) is 5.57. The summed E-state index contributed by atoms with van der Waals surface area (Å²) in [7, 11) is 0. The number of hydrogen-bond acceptors (Lipinski definition) is 3. The van der Waals surface area contributed by atoms with Crippen molar-refractivity contribution in [1.82, 2.24) is 14.9 Å². The van der Waals surface area contributed by atoms with Crippen molar-refractivity contribution in [2.24, 2.45) is 0 Å². The quantitative estimate of drug-likeness (QED) is 0.928. The van der Waals surface area contributed by atoms with Crippen LogP contribution in [0.1, 0.15) is 24.2 Å². The summed E-state index contributed by atoms with van der Waals surface area (Å²) in [5.74, 6) is 1.28. The van der Waals surface area contributed by atoms with Gasteiger partial charge in [-0.1, -0.05) is 0 Å². The molecular formula is C14H17N3OS. The number of carbonyl (C=O) groups is 1. The molecular weight excluding hydrogens is 258 g/mol. The van der Waals surface area contributed by atoms with Crippen molar-refractivity contribution in [3.05, 3.63) is 40.6 Å². The number of carbonyl (C=O) groups excluding carboxylic acids is 1. The van der Waals surface area contributed by atoms with Crippen molar-refractivity contribution >= 4 is 17.2 Å². The lowest BCUT2D eigenvalue weighted by Gasteiger charge is -2.24. The van der Waals surface area contributed by atoms with Gasteiger partial charge in [0.1, 0.15) is 5.82 Å². The summed E-state index contributed by atoms with van der Waals surface area (Å²) < 4.78 is 2.13. The molecule has 1 atom stereocenters. The minimum atomic E-state index is 0.153. The van der Waals surface area contributed by atoms with E-state index in [1.807, 2.05) is 12.4 Å². The molecule has 100 valence electrons. The van der Waals surface area contributed by atoms with Crippen molar-refractivity contribution in [1.29, 1.82) is 0 Å². The molecule has 0 saturated heterocycles. The smallest absolute Gasteiger partial charge is 0.220 e. The molecule has 1 amide bonds. The highest BCUT2D eigenvalue weighted by Crippen LogP contribution is 2.13. The number of hydrogen-bond donors (Lipinski definition) is 1. The Bertz CT molecular complexity index is 547. The lowest BCUT2D eigenvalue weighted by atomic mass is 10.1. The molecule has 4 nitrogen and oxygen atoms in total. The largest absolute Gasteiger partial charge is 0.352 e. The molecule has 1 N–H and O–H groups in total. The number of aryl methyl sites for hydroxylation is 2. The van der Waals surface area contributed by atoms with Crippen LogP contribution < -0.4 is 5.32 Å². The van der Waals surface area contributed by atoms with E-state index >= 15 is 0 Å². The SMILES string of the molecule is O=C(CCc1ccsc1)NC1CCc2nccn2C1. The average Bonchev–Trinajstić information content (AvgIpc) is 3.07. The van der Waals surface area contributed by atoms with Crippen molar-refractivity contribution < 1.29 is 4.79 Å². The van der Waals surface area contributed by atoms with Crippen LogP contribution in [0.3, 0.4) is 0 Å². The highest BCUT2D eigenvalue weighted by molar-refractivity contribution is 7.07. The fraction of sp³-hybridized carbons (Fsp3) is 0.429. The van der Waals surface area contributed by atoms with Crippen LogP contribution in [-0.2, 0) is 24.2 Å². The van der Waals surface area contributed by atoms with Crippen LogP contribution in [0.4, 0.5) is 0 Å². The molecule has 0 bridgehead atoms. The van der Waals surface area contributed by atoms with Gasteiger partial charge in [0.15, 0.2) is 0 Å². The van der Waals surface area contributed by atoms with Gasteiger partial charge in [0.25, 0.3) is 0 Å². The first-order valence-corrected chi connectivity index (χ1v) is 7.56. The number of fused-ring (bicyclic) bond motifs is 1. The van der Waals surface area contributed by atoms with E-state index in [1.165, 1.54) is 5.56 Å². The molecule has 0 spiro atoms. The van der Waals surface area contributed by atoms with Gasteiger partial charge in [-0.3, -0.25) is 4.79 Å². The Labute approximate surface area is 116 Å². The minimum Gasteiger partial charge on any atom is -0.352 e. The minimum absolute atomic E-state index is 0.153. The Hall–Kier alpha value is -1.62. The van der Waals surface area contributed by atoms with E-state index in [0.717, 1.165) is 31.6 Å². The maximum absolute atomic E-state index is 11.9. The highest BCUT2D eigenvalue weighted by atomic mass is 32.1. The van der Waals surface area contributed by atoms with Crippen molar-refractivity contribution in [2.45, 2.75) is 38.3 Å². The number of nitrogens with one attached hydrogen (secondary N) is 1. The summed E-state index contributed by atoms with van der Waals surface area (Å²) >= 11 is 1.68. The number of amides is 1. The van der Waals surface area contributed by atoms with Crippen LogP contribution in [0.15, 0.2) is 29.2 Å². The monoisotopic (exact) mass is 275 g/mol. The molecule has 0 aromatic carbocycles. The molecule has 0 radical (unpaired) electrons. The molecule has 1 unspecified atom stereocenters. The van der Waals surface area contributed by atoms with Crippen molar-refractivity contribution in [3.8, 4) is 0 Å². The standard InChI is InChI=1S/C14H17N3OS/c18-14(4-1-11-5-8-19-10-11)16-12-2-3-13-15-6-7-17(13)9-12/h5-8,10,12H,1-4,9H2,(H,16,18). The number of rotatable bonds is 4. The molecule has 2 aromatic heterocycles. The highest BCUT2D eigenvalue weighted by Gasteiger charge is 2.19. The second-order valence-electron chi connectivity index (χ2n) is 4.93. The number of imidazole rings is 1. The van der Waals surface area contributed by atoms with Crippen LogP contribution in [0, 0.1) is 0 Å². The molecule has 3 heterocycles. The maximum atomic E-state index is 11.9. The fourth-order valence-electron chi connectivity index (χ4n) is 2.48. The first-order valence-electron chi connectivity index (χ1n) is 6.62. The number of thiophene rings is 1. The van der Waals surface area contributed by atoms with Crippen LogP contribution in [0.25, 0.3) is 0 Å². The summed E-state index contributed by atoms with van der Waals surface area (Å²) in [6, 6.07) is 2.33. The molecule has 1 aliphatic heterocycles. The zero-order chi connectivity index (χ0) is 13.1. The molecule has 2 aromatic rings. The Balaban J connectivity index is 1.48. The second-order valence-corrected chi connectivity index (χ2v) is 5.71. The third kappa shape index (κ3) is 3.04. The van der Waals surface area contributed by atoms with E-state index < -0.39 is 0 Å². The Morgan fingerprint density at radius 1 is 1.58 bits per heavy atom.